The van der Waals surface area contributed by atoms with Gasteiger partial charge < -0.3 is 5.32 Å². The number of rotatable bonds is 9. The molecule has 1 aliphatic carbocycles. The summed E-state index contributed by atoms with van der Waals surface area (Å²) in [4.78, 5) is 0. The van der Waals surface area contributed by atoms with Gasteiger partial charge >= 0.3 is 0 Å². The minimum absolute atomic E-state index is 0.717. The Bertz CT molecular complexity index is 155. The van der Waals surface area contributed by atoms with Crippen LogP contribution in [0.15, 0.2) is 0 Å². The molecule has 0 bridgehead atoms. The van der Waals surface area contributed by atoms with Gasteiger partial charge in [-0.2, -0.15) is 0 Å². The minimum Gasteiger partial charge on any atom is -0.313 e. The summed E-state index contributed by atoms with van der Waals surface area (Å²) in [6.07, 6.45) is 11.1. The molecule has 1 saturated carbocycles. The van der Waals surface area contributed by atoms with Crippen LogP contribution in [0.4, 0.5) is 0 Å². The third kappa shape index (κ3) is 4.55. The van der Waals surface area contributed by atoms with E-state index in [1.54, 1.807) is 0 Å². The second-order valence-electron chi connectivity index (χ2n) is 5.41. The molecule has 1 N–H and O–H groups in total. The summed E-state index contributed by atoms with van der Waals surface area (Å²) >= 11 is 0. The average molecular weight is 211 g/mol. The van der Waals surface area contributed by atoms with Gasteiger partial charge in [-0.3, -0.25) is 0 Å². The maximum Gasteiger partial charge on any atom is 0.00670 e. The molecular formula is C14H29N. The van der Waals surface area contributed by atoms with Crippen molar-refractivity contribution in [1.82, 2.24) is 5.32 Å². The van der Waals surface area contributed by atoms with Crippen LogP contribution in [0.1, 0.15) is 72.1 Å². The van der Waals surface area contributed by atoms with Crippen LogP contribution in [-0.4, -0.2) is 12.6 Å². The van der Waals surface area contributed by atoms with E-state index < -0.39 is 0 Å². The lowest BCUT2D eigenvalue weighted by Crippen LogP contribution is -2.34. The van der Waals surface area contributed by atoms with Gasteiger partial charge in [-0.1, -0.05) is 40.0 Å². The zero-order valence-corrected chi connectivity index (χ0v) is 10.9. The fraction of sp³-hybridized carbons (Fsp3) is 1.00. The van der Waals surface area contributed by atoms with Gasteiger partial charge in [0.1, 0.15) is 0 Å². The van der Waals surface area contributed by atoms with E-state index in [9.17, 15) is 0 Å². The maximum absolute atomic E-state index is 3.81. The number of hydrogen-bond acceptors (Lipinski definition) is 1. The normalized spacial score (nSPS) is 18.4. The molecule has 0 heterocycles. The van der Waals surface area contributed by atoms with Crippen molar-refractivity contribution < 1.29 is 0 Å². The first-order valence-corrected chi connectivity index (χ1v) is 6.99. The molecule has 0 radical (unpaired) electrons. The third-order valence-electron chi connectivity index (χ3n) is 3.78. The number of hydrogen-bond donors (Lipinski definition) is 1. The second-order valence-corrected chi connectivity index (χ2v) is 5.41. The quantitative estimate of drug-likeness (QED) is 0.605. The van der Waals surface area contributed by atoms with Gasteiger partial charge in [0.2, 0.25) is 0 Å². The van der Waals surface area contributed by atoms with E-state index in [4.69, 9.17) is 0 Å². The maximum atomic E-state index is 3.81. The van der Waals surface area contributed by atoms with Crippen LogP contribution >= 0.6 is 0 Å². The molecule has 1 rings (SSSR count). The lowest BCUT2D eigenvalue weighted by Gasteiger charge is -2.22. The van der Waals surface area contributed by atoms with Crippen LogP contribution in [-0.2, 0) is 0 Å². The highest BCUT2D eigenvalue weighted by atomic mass is 14.9. The predicted molar refractivity (Wildman–Crippen MR) is 68.2 cm³/mol. The molecule has 0 amide bonds. The minimum atomic E-state index is 0.717. The summed E-state index contributed by atoms with van der Waals surface area (Å²) in [6, 6.07) is 0.786. The van der Waals surface area contributed by atoms with Gasteiger partial charge in [0, 0.05) is 12.6 Å². The van der Waals surface area contributed by atoms with Crippen LogP contribution in [0.5, 0.6) is 0 Å². The third-order valence-corrected chi connectivity index (χ3v) is 3.78. The Labute approximate surface area is 96.0 Å². The van der Waals surface area contributed by atoms with Crippen molar-refractivity contribution in [3.05, 3.63) is 0 Å². The predicted octanol–water partition coefficient (Wildman–Crippen LogP) is 4.13. The fourth-order valence-electron chi connectivity index (χ4n) is 2.63. The SMILES string of the molecule is CCCC(CCC)NCC1(CCC)CC1. The van der Waals surface area contributed by atoms with Crippen molar-refractivity contribution >= 4 is 0 Å². The summed E-state index contributed by atoms with van der Waals surface area (Å²) < 4.78 is 0. The first-order valence-electron chi connectivity index (χ1n) is 6.99. The van der Waals surface area contributed by atoms with Crippen LogP contribution in [0.25, 0.3) is 0 Å². The van der Waals surface area contributed by atoms with E-state index in [-0.39, 0.29) is 0 Å². The van der Waals surface area contributed by atoms with Gasteiger partial charge in [-0.05, 0) is 37.5 Å². The van der Waals surface area contributed by atoms with Gasteiger partial charge in [0.05, 0.1) is 0 Å². The Kier molecular flexibility index (Phi) is 5.66. The Hall–Kier alpha value is -0.0400. The molecule has 0 unspecified atom stereocenters. The lowest BCUT2D eigenvalue weighted by atomic mass is 9.99. The molecule has 0 atom stereocenters. The van der Waals surface area contributed by atoms with Crippen molar-refractivity contribution in [2.45, 2.75) is 78.2 Å². The Morgan fingerprint density at radius 2 is 1.60 bits per heavy atom. The largest absolute Gasteiger partial charge is 0.313 e. The monoisotopic (exact) mass is 211 g/mol. The standard InChI is InChI=1S/C14H29N/c1-4-7-13(8-5-2)15-12-14(9-6-3)10-11-14/h13,15H,4-12H2,1-3H3. The molecule has 1 heteroatoms. The molecule has 90 valence electrons. The van der Waals surface area contributed by atoms with E-state index in [0.717, 1.165) is 6.04 Å². The van der Waals surface area contributed by atoms with Crippen molar-refractivity contribution in [3.8, 4) is 0 Å². The number of nitrogens with one attached hydrogen (secondary N) is 1. The van der Waals surface area contributed by atoms with Crippen LogP contribution in [0, 0.1) is 5.41 Å². The zero-order chi connectivity index (χ0) is 11.1. The summed E-state index contributed by atoms with van der Waals surface area (Å²) in [5, 5.41) is 3.81. The molecule has 0 spiro atoms. The average Bonchev–Trinajstić information content (AvgIpc) is 2.97. The first-order chi connectivity index (χ1) is 7.26. The van der Waals surface area contributed by atoms with E-state index >= 15 is 0 Å². The molecule has 1 aliphatic rings. The van der Waals surface area contributed by atoms with Gasteiger partial charge in [-0.15, -0.1) is 0 Å². The molecule has 15 heavy (non-hydrogen) atoms. The molecule has 0 aromatic heterocycles. The van der Waals surface area contributed by atoms with Crippen molar-refractivity contribution in [1.29, 1.82) is 0 Å². The Morgan fingerprint density at radius 3 is 2.00 bits per heavy atom. The van der Waals surface area contributed by atoms with E-state index in [2.05, 4.69) is 26.1 Å². The summed E-state index contributed by atoms with van der Waals surface area (Å²) in [6.45, 7) is 8.19. The zero-order valence-electron chi connectivity index (χ0n) is 10.9. The van der Waals surface area contributed by atoms with Gasteiger partial charge in [0.15, 0.2) is 0 Å². The molecule has 0 aromatic carbocycles. The van der Waals surface area contributed by atoms with E-state index in [1.807, 2.05) is 0 Å². The van der Waals surface area contributed by atoms with E-state index in [1.165, 1.54) is 57.9 Å². The van der Waals surface area contributed by atoms with Crippen molar-refractivity contribution in [2.75, 3.05) is 6.54 Å². The molecular weight excluding hydrogens is 182 g/mol. The molecule has 0 aromatic rings. The topological polar surface area (TPSA) is 12.0 Å². The molecule has 0 aliphatic heterocycles. The van der Waals surface area contributed by atoms with Gasteiger partial charge in [-0.25, -0.2) is 0 Å². The highest BCUT2D eigenvalue weighted by molar-refractivity contribution is 4.94. The summed E-state index contributed by atoms with van der Waals surface area (Å²) in [7, 11) is 0. The fourth-order valence-corrected chi connectivity index (χ4v) is 2.63. The van der Waals surface area contributed by atoms with Gasteiger partial charge in [0.25, 0.3) is 0 Å². The van der Waals surface area contributed by atoms with Crippen molar-refractivity contribution in [2.24, 2.45) is 5.41 Å². The van der Waals surface area contributed by atoms with Crippen LogP contribution in [0.3, 0.4) is 0 Å². The molecule has 0 saturated heterocycles. The van der Waals surface area contributed by atoms with E-state index in [0.29, 0.717) is 5.41 Å². The summed E-state index contributed by atoms with van der Waals surface area (Å²) in [5.74, 6) is 0. The van der Waals surface area contributed by atoms with Crippen LogP contribution in [0.2, 0.25) is 0 Å². The smallest absolute Gasteiger partial charge is 0.00670 e. The van der Waals surface area contributed by atoms with Crippen molar-refractivity contribution in [3.63, 3.8) is 0 Å². The summed E-state index contributed by atoms with van der Waals surface area (Å²) in [5.41, 5.74) is 0.717. The second kappa shape index (κ2) is 6.52. The Morgan fingerprint density at radius 1 is 1.00 bits per heavy atom. The molecule has 1 nitrogen and oxygen atoms in total. The highest BCUT2D eigenvalue weighted by Gasteiger charge is 2.41. The highest BCUT2D eigenvalue weighted by Crippen LogP contribution is 2.49. The first kappa shape index (κ1) is 13.0. The van der Waals surface area contributed by atoms with Crippen LogP contribution < -0.4 is 5.32 Å². The molecule has 1 fully saturated rings. The Balaban J connectivity index is 2.20. The lowest BCUT2D eigenvalue weighted by molar-refractivity contribution is 0.361.